The highest BCUT2D eigenvalue weighted by Gasteiger charge is 2.16. The van der Waals surface area contributed by atoms with E-state index in [4.69, 9.17) is 0 Å². The molecule has 2 aromatic carbocycles. The quantitative estimate of drug-likeness (QED) is 0.774. The Morgan fingerprint density at radius 1 is 0.842 bits per heavy atom. The summed E-state index contributed by atoms with van der Waals surface area (Å²) >= 11 is 0. The third-order valence-electron chi connectivity index (χ3n) is 3.50. The molecule has 3 heteroatoms. The van der Waals surface area contributed by atoms with E-state index in [1.807, 2.05) is 36.4 Å². The first kappa shape index (κ1) is 11.9. The van der Waals surface area contributed by atoms with Gasteiger partial charge in [-0.25, -0.2) is 0 Å². The van der Waals surface area contributed by atoms with Gasteiger partial charge in [-0.05, 0) is 55.0 Å². The Labute approximate surface area is 112 Å². The van der Waals surface area contributed by atoms with Crippen molar-refractivity contribution in [3.05, 3.63) is 53.6 Å². The number of aryl methyl sites for hydroxylation is 1. The van der Waals surface area contributed by atoms with Crippen LogP contribution in [0.5, 0.6) is 5.75 Å². The van der Waals surface area contributed by atoms with Gasteiger partial charge >= 0.3 is 0 Å². The van der Waals surface area contributed by atoms with Crippen LogP contribution in [0.1, 0.15) is 24.0 Å². The lowest BCUT2D eigenvalue weighted by atomic mass is 9.90. The fourth-order valence-corrected chi connectivity index (χ4v) is 2.51. The number of aromatic hydroxyl groups is 1. The Hall–Kier alpha value is -2.16. The van der Waals surface area contributed by atoms with E-state index in [0.717, 1.165) is 30.5 Å². The maximum absolute atomic E-state index is 9.99. The normalized spacial score (nSPS) is 14.5. The van der Waals surface area contributed by atoms with Gasteiger partial charge in [0.2, 0.25) is 0 Å². The second-order valence-electron chi connectivity index (χ2n) is 4.81. The van der Waals surface area contributed by atoms with Gasteiger partial charge in [-0.3, -0.25) is 0 Å². The van der Waals surface area contributed by atoms with Crippen LogP contribution in [0.3, 0.4) is 0 Å². The minimum Gasteiger partial charge on any atom is -0.506 e. The number of rotatable bonds is 2. The van der Waals surface area contributed by atoms with E-state index in [0.29, 0.717) is 5.69 Å². The average molecular weight is 252 g/mol. The molecule has 0 spiro atoms. The molecule has 0 bridgehead atoms. The van der Waals surface area contributed by atoms with Crippen molar-refractivity contribution in [2.45, 2.75) is 25.7 Å². The summed E-state index contributed by atoms with van der Waals surface area (Å²) in [5.41, 5.74) is 3.90. The summed E-state index contributed by atoms with van der Waals surface area (Å²) in [5, 5.41) is 18.5. The number of phenolic OH excluding ortho intramolecular Hbond substituents is 1. The third-order valence-corrected chi connectivity index (χ3v) is 3.50. The van der Waals surface area contributed by atoms with Gasteiger partial charge in [-0.2, -0.15) is 5.11 Å². The maximum Gasteiger partial charge on any atom is 0.143 e. The molecule has 1 aliphatic carbocycles. The first-order valence-corrected chi connectivity index (χ1v) is 6.65. The molecule has 0 atom stereocenters. The molecular weight excluding hydrogens is 236 g/mol. The highest BCUT2D eigenvalue weighted by atomic mass is 16.3. The summed E-state index contributed by atoms with van der Waals surface area (Å²) in [6.45, 7) is 0. The minimum absolute atomic E-state index is 0.223. The van der Waals surface area contributed by atoms with Crippen LogP contribution >= 0.6 is 0 Å². The van der Waals surface area contributed by atoms with Gasteiger partial charge in [0.25, 0.3) is 0 Å². The van der Waals surface area contributed by atoms with Crippen LogP contribution < -0.4 is 0 Å². The van der Waals surface area contributed by atoms with Crippen molar-refractivity contribution in [3.8, 4) is 5.75 Å². The molecule has 0 radical (unpaired) electrons. The predicted octanol–water partition coefficient (Wildman–Crippen LogP) is 4.69. The molecule has 96 valence electrons. The molecule has 0 unspecified atom stereocenters. The van der Waals surface area contributed by atoms with Crippen molar-refractivity contribution in [1.29, 1.82) is 0 Å². The molecule has 19 heavy (non-hydrogen) atoms. The maximum atomic E-state index is 9.99. The SMILES string of the molecule is Oc1ccc2c(c1N=Nc1ccccc1)CCCC2. The number of nitrogens with zero attached hydrogens (tertiary/aromatic N) is 2. The van der Waals surface area contributed by atoms with Gasteiger partial charge < -0.3 is 5.11 Å². The first-order valence-electron chi connectivity index (χ1n) is 6.65. The van der Waals surface area contributed by atoms with Crippen molar-refractivity contribution < 1.29 is 5.11 Å². The van der Waals surface area contributed by atoms with Gasteiger partial charge in [-0.1, -0.05) is 24.3 Å². The lowest BCUT2D eigenvalue weighted by Gasteiger charge is -2.17. The largest absolute Gasteiger partial charge is 0.506 e. The van der Waals surface area contributed by atoms with Crippen LogP contribution in [0.4, 0.5) is 11.4 Å². The molecule has 1 aliphatic rings. The smallest absolute Gasteiger partial charge is 0.143 e. The summed E-state index contributed by atoms with van der Waals surface area (Å²) in [4.78, 5) is 0. The van der Waals surface area contributed by atoms with E-state index in [9.17, 15) is 5.11 Å². The molecule has 0 aliphatic heterocycles. The topological polar surface area (TPSA) is 45.0 Å². The molecular formula is C16H16N2O. The van der Waals surface area contributed by atoms with Gasteiger partial charge in [0.15, 0.2) is 0 Å². The van der Waals surface area contributed by atoms with E-state index in [-0.39, 0.29) is 5.75 Å². The predicted molar refractivity (Wildman–Crippen MR) is 75.4 cm³/mol. The monoisotopic (exact) mass is 252 g/mol. The molecule has 0 saturated carbocycles. The van der Waals surface area contributed by atoms with Crippen molar-refractivity contribution in [1.82, 2.24) is 0 Å². The number of fused-ring (bicyclic) bond motifs is 1. The molecule has 3 rings (SSSR count). The second-order valence-corrected chi connectivity index (χ2v) is 4.81. The Balaban J connectivity index is 1.98. The van der Waals surface area contributed by atoms with Crippen molar-refractivity contribution >= 4 is 11.4 Å². The highest BCUT2D eigenvalue weighted by Crippen LogP contribution is 2.37. The number of azo groups is 1. The Bertz CT molecular complexity index is 606. The average Bonchev–Trinajstić information content (AvgIpc) is 2.47. The molecule has 0 fully saturated rings. The van der Waals surface area contributed by atoms with Crippen LogP contribution in [0.25, 0.3) is 0 Å². The van der Waals surface area contributed by atoms with E-state index in [1.165, 1.54) is 12.0 Å². The Morgan fingerprint density at radius 2 is 1.63 bits per heavy atom. The zero-order valence-electron chi connectivity index (χ0n) is 10.7. The van der Waals surface area contributed by atoms with Gasteiger partial charge in [0.1, 0.15) is 11.4 Å². The summed E-state index contributed by atoms with van der Waals surface area (Å²) in [6.07, 6.45) is 4.42. The number of hydrogen-bond acceptors (Lipinski definition) is 3. The lowest BCUT2D eigenvalue weighted by Crippen LogP contribution is -2.02. The minimum atomic E-state index is 0.223. The second kappa shape index (κ2) is 5.22. The zero-order valence-corrected chi connectivity index (χ0v) is 10.7. The van der Waals surface area contributed by atoms with Crippen molar-refractivity contribution in [3.63, 3.8) is 0 Å². The molecule has 3 nitrogen and oxygen atoms in total. The van der Waals surface area contributed by atoms with Crippen LogP contribution in [0, 0.1) is 0 Å². The lowest BCUT2D eigenvalue weighted by molar-refractivity contribution is 0.474. The van der Waals surface area contributed by atoms with E-state index < -0.39 is 0 Å². The summed E-state index contributed by atoms with van der Waals surface area (Å²) in [5.74, 6) is 0.223. The fraction of sp³-hybridized carbons (Fsp3) is 0.250. The Morgan fingerprint density at radius 3 is 2.47 bits per heavy atom. The summed E-state index contributed by atoms with van der Waals surface area (Å²) in [6, 6.07) is 13.3. The van der Waals surface area contributed by atoms with Crippen LogP contribution in [-0.4, -0.2) is 5.11 Å². The van der Waals surface area contributed by atoms with Gasteiger partial charge in [0.05, 0.1) is 5.69 Å². The van der Waals surface area contributed by atoms with Gasteiger partial charge in [0, 0.05) is 0 Å². The molecule has 0 aromatic heterocycles. The highest BCUT2D eigenvalue weighted by molar-refractivity contribution is 5.60. The van der Waals surface area contributed by atoms with Crippen molar-refractivity contribution in [2.24, 2.45) is 10.2 Å². The van der Waals surface area contributed by atoms with Crippen LogP contribution in [0.15, 0.2) is 52.7 Å². The standard InChI is InChI=1S/C16H16N2O/c19-15-11-10-12-6-4-5-9-14(12)16(15)18-17-13-7-2-1-3-8-13/h1-3,7-8,10-11,19H,4-6,9H2. The zero-order chi connectivity index (χ0) is 13.1. The van der Waals surface area contributed by atoms with Crippen LogP contribution in [-0.2, 0) is 12.8 Å². The summed E-state index contributed by atoms with van der Waals surface area (Å²) < 4.78 is 0. The Kier molecular flexibility index (Phi) is 3.27. The van der Waals surface area contributed by atoms with Crippen molar-refractivity contribution in [2.75, 3.05) is 0 Å². The van der Waals surface area contributed by atoms with Gasteiger partial charge in [-0.15, -0.1) is 5.11 Å². The number of hydrogen-bond donors (Lipinski definition) is 1. The number of phenols is 1. The molecule has 0 saturated heterocycles. The first-order chi connectivity index (χ1) is 9.34. The number of benzene rings is 2. The molecule has 2 aromatic rings. The molecule has 1 N–H and O–H groups in total. The third kappa shape index (κ3) is 2.50. The summed E-state index contributed by atoms with van der Waals surface area (Å²) in [7, 11) is 0. The molecule has 0 amide bonds. The van der Waals surface area contributed by atoms with E-state index in [2.05, 4.69) is 10.2 Å². The fourth-order valence-electron chi connectivity index (χ4n) is 2.51. The van der Waals surface area contributed by atoms with E-state index in [1.54, 1.807) is 6.07 Å². The van der Waals surface area contributed by atoms with E-state index >= 15 is 0 Å². The molecule has 0 heterocycles. The van der Waals surface area contributed by atoms with Crippen LogP contribution in [0.2, 0.25) is 0 Å².